The lowest BCUT2D eigenvalue weighted by atomic mass is 9.96. The molecule has 13 nitrogen and oxygen atoms in total. The van der Waals surface area contributed by atoms with Crippen LogP contribution in [0.5, 0.6) is 0 Å². The third kappa shape index (κ3) is 17.8. The number of hydrogen-bond acceptors (Lipinski definition) is 8. The first kappa shape index (κ1) is 63.3. The minimum absolute atomic E-state index is 0.412. The molecule has 8 rings (SSSR count). The monoisotopic (exact) mass is 1030 g/mol. The van der Waals surface area contributed by atoms with Crippen molar-refractivity contribution in [3.05, 3.63) is 133 Å². The van der Waals surface area contributed by atoms with Crippen LogP contribution in [-0.4, -0.2) is 62.9 Å². The van der Waals surface area contributed by atoms with E-state index in [1.807, 2.05) is 54.0 Å². The van der Waals surface area contributed by atoms with Gasteiger partial charge in [0.1, 0.15) is 41.3 Å². The molecule has 13 heteroatoms. The molecule has 75 heavy (non-hydrogen) atoms. The van der Waals surface area contributed by atoms with Crippen molar-refractivity contribution in [3.8, 4) is 0 Å². The van der Waals surface area contributed by atoms with Crippen molar-refractivity contribution in [1.82, 2.24) is 62.9 Å². The molecule has 0 amide bonds. The molecule has 0 aliphatic carbocycles. The van der Waals surface area contributed by atoms with Crippen LogP contribution in [0.15, 0.2) is 92.4 Å². The van der Waals surface area contributed by atoms with Crippen molar-refractivity contribution in [2.45, 2.75) is 238 Å². The maximum Gasteiger partial charge on any atom is 0.143 e. The van der Waals surface area contributed by atoms with Gasteiger partial charge in [-0.25, -0.2) is 29.6 Å². The highest BCUT2D eigenvalue weighted by atomic mass is 15.3. The number of pyridine rings is 2. The Bertz CT molecular complexity index is 2530. The first-order valence-electron chi connectivity index (χ1n) is 27.9. The summed E-state index contributed by atoms with van der Waals surface area (Å²) in [4.78, 5) is 30.1. The highest BCUT2D eigenvalue weighted by molar-refractivity contribution is 5.77. The van der Waals surface area contributed by atoms with Crippen molar-refractivity contribution in [1.29, 1.82) is 0 Å². The van der Waals surface area contributed by atoms with E-state index in [9.17, 15) is 0 Å². The molecule has 8 heterocycles. The van der Waals surface area contributed by atoms with E-state index < -0.39 is 0 Å². The molecular formula is C62H99N13. The van der Waals surface area contributed by atoms with E-state index in [2.05, 4.69) is 255 Å². The molecular weight excluding hydrogens is 927 g/mol. The van der Waals surface area contributed by atoms with Crippen LogP contribution in [0.4, 0.5) is 0 Å². The second-order valence-electron chi connectivity index (χ2n) is 23.1. The van der Waals surface area contributed by atoms with Gasteiger partial charge < -0.3 is 18.3 Å². The number of nitrogens with zero attached hydrogens (tertiary/aromatic N) is 13. The molecule has 0 radical (unpaired) electrons. The van der Waals surface area contributed by atoms with Crippen LogP contribution in [0.25, 0.3) is 22.1 Å². The van der Waals surface area contributed by atoms with Crippen LogP contribution in [0.1, 0.15) is 278 Å². The van der Waals surface area contributed by atoms with Gasteiger partial charge in [-0.15, -0.1) is 0 Å². The van der Waals surface area contributed by atoms with E-state index in [0.29, 0.717) is 71.6 Å². The Balaban J connectivity index is 0.000000239. The summed E-state index contributed by atoms with van der Waals surface area (Å²) >= 11 is 0. The second-order valence-corrected chi connectivity index (χ2v) is 23.1. The summed E-state index contributed by atoms with van der Waals surface area (Å²) in [6, 6.07) is 15.1. The van der Waals surface area contributed by atoms with Gasteiger partial charge in [0.2, 0.25) is 0 Å². The van der Waals surface area contributed by atoms with Gasteiger partial charge in [-0.2, -0.15) is 5.10 Å². The molecule has 0 aliphatic heterocycles. The van der Waals surface area contributed by atoms with Crippen molar-refractivity contribution < 1.29 is 0 Å². The molecule has 8 aromatic heterocycles. The van der Waals surface area contributed by atoms with Crippen molar-refractivity contribution in [3.63, 3.8) is 0 Å². The number of hydrogen-bond donors (Lipinski definition) is 0. The summed E-state index contributed by atoms with van der Waals surface area (Å²) < 4.78 is 11.1. The fourth-order valence-corrected chi connectivity index (χ4v) is 8.94. The first-order chi connectivity index (χ1) is 35.2. The van der Waals surface area contributed by atoms with Crippen LogP contribution in [-0.2, 0) is 0 Å². The molecule has 0 spiro atoms. The fraction of sp³-hybridized carbons (Fsp3) is 0.581. The third-order valence-corrected chi connectivity index (χ3v) is 12.6. The molecule has 0 bridgehead atoms. The largest absolute Gasteiger partial charge is 0.349 e. The molecule has 0 aromatic carbocycles. The van der Waals surface area contributed by atoms with Crippen molar-refractivity contribution >= 4 is 22.1 Å². The number of imidazole rings is 2. The minimum atomic E-state index is 0.412. The van der Waals surface area contributed by atoms with Gasteiger partial charge in [0.25, 0.3) is 0 Å². The Labute approximate surface area is 453 Å². The molecule has 8 aromatic rings. The van der Waals surface area contributed by atoms with Gasteiger partial charge in [0, 0.05) is 108 Å². The molecule has 0 unspecified atom stereocenters. The zero-order valence-electron chi connectivity index (χ0n) is 50.9. The summed E-state index contributed by atoms with van der Waals surface area (Å²) in [5.74, 6) is 7.08. The van der Waals surface area contributed by atoms with E-state index in [1.165, 1.54) is 34.0 Å². The highest BCUT2D eigenvalue weighted by Crippen LogP contribution is 2.28. The molecule has 0 saturated carbocycles. The zero-order chi connectivity index (χ0) is 56.4. The average molecular weight is 1030 g/mol. The molecule has 0 atom stereocenters. The van der Waals surface area contributed by atoms with Crippen molar-refractivity contribution in [2.75, 3.05) is 0 Å². The fourth-order valence-electron chi connectivity index (χ4n) is 8.94. The number of fused-ring (bicyclic) bond motifs is 2. The summed E-state index contributed by atoms with van der Waals surface area (Å²) in [6.45, 7) is 52.4. The predicted molar refractivity (Wildman–Crippen MR) is 317 cm³/mol. The quantitative estimate of drug-likeness (QED) is 0.118. The zero-order valence-corrected chi connectivity index (χ0v) is 50.9. The van der Waals surface area contributed by atoms with Crippen LogP contribution in [0, 0.1) is 0 Å². The Morgan fingerprint density at radius 1 is 0.413 bits per heavy atom. The van der Waals surface area contributed by atoms with Crippen molar-refractivity contribution in [2.24, 2.45) is 0 Å². The van der Waals surface area contributed by atoms with Gasteiger partial charge in [-0.3, -0.25) is 9.97 Å². The van der Waals surface area contributed by atoms with Gasteiger partial charge in [0.05, 0.1) is 11.7 Å². The minimum Gasteiger partial charge on any atom is -0.349 e. The Morgan fingerprint density at radius 3 is 1.49 bits per heavy atom. The predicted octanol–water partition coefficient (Wildman–Crippen LogP) is 17.4. The smallest absolute Gasteiger partial charge is 0.143 e. The van der Waals surface area contributed by atoms with E-state index in [1.54, 1.807) is 12.7 Å². The Kier molecular flexibility index (Phi) is 25.3. The number of rotatable bonds is 12. The SMILES string of the molecule is CC(C)c1cc2cncnc2n1C(C)C.CC(C)c1cccn1C(C)C.CC(C)c1cccnc1C(C)C.CC(C)c1nc2cnccc2n1C(C)C.CC(C)c1nccn1C(C)C.CC(C)c1ncnn1C(C)C. The highest BCUT2D eigenvalue weighted by Gasteiger charge is 2.17. The first-order valence-corrected chi connectivity index (χ1v) is 27.9. The summed E-state index contributed by atoms with van der Waals surface area (Å²) in [7, 11) is 0. The Morgan fingerprint density at radius 2 is 1.03 bits per heavy atom. The van der Waals surface area contributed by atoms with Gasteiger partial charge in [-0.1, -0.05) is 103 Å². The topological polar surface area (TPSA) is 128 Å². The van der Waals surface area contributed by atoms with E-state index in [0.717, 1.165) is 28.2 Å². The van der Waals surface area contributed by atoms with E-state index in [4.69, 9.17) is 0 Å². The lowest BCUT2D eigenvalue weighted by Crippen LogP contribution is -2.09. The second kappa shape index (κ2) is 29.9. The number of aromatic nitrogens is 13. The van der Waals surface area contributed by atoms with Gasteiger partial charge in [0.15, 0.2) is 0 Å². The lowest BCUT2D eigenvalue weighted by Gasteiger charge is -2.15. The third-order valence-electron chi connectivity index (χ3n) is 12.6. The molecule has 412 valence electrons. The maximum absolute atomic E-state index is 4.63. The summed E-state index contributed by atoms with van der Waals surface area (Å²) in [5, 5.41) is 5.28. The molecule has 0 N–H and O–H groups in total. The lowest BCUT2D eigenvalue weighted by molar-refractivity contribution is 0.492. The normalized spacial score (nSPS) is 11.6. The van der Waals surface area contributed by atoms with Crippen LogP contribution >= 0.6 is 0 Å². The standard InChI is InChI=1S/2C12H17N3.C11H17N.C10H17N.C9H16N2.C8H15N3/c1-8(2)11-5-10-6-13-7-14-12(10)15(11)9(3)4;1-8(2)12-14-10-7-13-6-5-11(10)15(12)9(3)4;1-8(2)10-6-5-7-12-11(10)9(3)4;1-8(2)10-6-5-7-11(10)9(3)4;1-7(2)9-10-5-6-11(9)8(3)4;1-6(2)8-9-5-10-11(8)7(3)4/h2*5-9H,1-4H3;5-9H,1-4H3;5-9H,1-4H3;5-8H,1-4H3;5-7H,1-4H3. The Hall–Kier alpha value is -5.98. The summed E-state index contributed by atoms with van der Waals surface area (Å²) in [5.41, 5.74) is 8.61. The van der Waals surface area contributed by atoms with Gasteiger partial charge in [-0.05, 0) is 129 Å². The maximum atomic E-state index is 4.63. The summed E-state index contributed by atoms with van der Waals surface area (Å²) in [6.07, 6.45) is 16.7. The van der Waals surface area contributed by atoms with Crippen LogP contribution < -0.4 is 0 Å². The molecule has 0 fully saturated rings. The van der Waals surface area contributed by atoms with Gasteiger partial charge >= 0.3 is 0 Å². The van der Waals surface area contributed by atoms with Crippen LogP contribution in [0.3, 0.4) is 0 Å². The molecule has 0 aliphatic rings. The van der Waals surface area contributed by atoms with E-state index in [-0.39, 0.29) is 0 Å². The van der Waals surface area contributed by atoms with Crippen LogP contribution in [0.2, 0.25) is 0 Å². The average Bonchev–Trinajstić information content (AvgIpc) is 4.20. The molecule has 0 saturated heterocycles. The van der Waals surface area contributed by atoms with E-state index >= 15 is 0 Å².